The van der Waals surface area contributed by atoms with E-state index < -0.39 is 0 Å². The van der Waals surface area contributed by atoms with Crippen LogP contribution >= 0.6 is 0 Å². The first-order chi connectivity index (χ1) is 10.0. The van der Waals surface area contributed by atoms with Gasteiger partial charge in [-0.1, -0.05) is 12.1 Å². The molecular formula is C18H20O3. The summed E-state index contributed by atoms with van der Waals surface area (Å²) in [6.07, 6.45) is 0.825. The maximum Gasteiger partial charge on any atom is 0.154 e. The Morgan fingerprint density at radius 3 is 2.05 bits per heavy atom. The zero-order chi connectivity index (χ0) is 15.6. The molecule has 2 rings (SSSR count). The van der Waals surface area contributed by atoms with Crippen LogP contribution in [0.2, 0.25) is 0 Å². The summed E-state index contributed by atoms with van der Waals surface area (Å²) in [7, 11) is 3.17. The highest BCUT2D eigenvalue weighted by atomic mass is 16.5. The molecule has 0 bridgehead atoms. The van der Waals surface area contributed by atoms with E-state index in [1.807, 2.05) is 12.1 Å². The van der Waals surface area contributed by atoms with E-state index in [0.29, 0.717) is 17.1 Å². The van der Waals surface area contributed by atoms with Crippen molar-refractivity contribution >= 4 is 6.29 Å². The molecule has 3 heteroatoms. The Bertz CT molecular complexity index is 687. The van der Waals surface area contributed by atoms with E-state index in [1.165, 1.54) is 11.1 Å². The minimum absolute atomic E-state index is 0.517. The highest BCUT2D eigenvalue weighted by molar-refractivity contribution is 5.94. The lowest BCUT2D eigenvalue weighted by Gasteiger charge is -2.17. The van der Waals surface area contributed by atoms with Crippen molar-refractivity contribution in [1.82, 2.24) is 0 Å². The standard InChI is InChI=1S/C18H20O3/c1-11-6-7-14(13(3)12(11)2)18-15(10-19)16(20-4)8-9-17(18)21-5/h6-10H,1-5H3. The number of aryl methyl sites for hydroxylation is 1. The van der Waals surface area contributed by atoms with E-state index in [0.717, 1.165) is 23.0 Å². The van der Waals surface area contributed by atoms with Gasteiger partial charge < -0.3 is 9.47 Å². The van der Waals surface area contributed by atoms with Gasteiger partial charge in [-0.05, 0) is 55.2 Å². The highest BCUT2D eigenvalue weighted by Gasteiger charge is 2.18. The number of aldehydes is 1. The van der Waals surface area contributed by atoms with E-state index in [9.17, 15) is 4.79 Å². The van der Waals surface area contributed by atoms with Gasteiger partial charge in [0, 0.05) is 5.56 Å². The Hall–Kier alpha value is -2.29. The fraction of sp³-hybridized carbons (Fsp3) is 0.278. The van der Waals surface area contributed by atoms with E-state index in [2.05, 4.69) is 26.8 Å². The molecule has 21 heavy (non-hydrogen) atoms. The fourth-order valence-corrected chi connectivity index (χ4v) is 2.55. The van der Waals surface area contributed by atoms with E-state index in [1.54, 1.807) is 20.3 Å². The first-order valence-electron chi connectivity index (χ1n) is 6.82. The van der Waals surface area contributed by atoms with Gasteiger partial charge in [0.25, 0.3) is 0 Å². The monoisotopic (exact) mass is 284 g/mol. The number of rotatable bonds is 4. The number of carbonyl (C=O) groups is 1. The minimum Gasteiger partial charge on any atom is -0.496 e. The highest BCUT2D eigenvalue weighted by Crippen LogP contribution is 2.40. The molecule has 0 aliphatic heterocycles. The molecule has 2 aromatic rings. The first-order valence-corrected chi connectivity index (χ1v) is 6.82. The molecule has 0 aliphatic rings. The number of hydrogen-bond donors (Lipinski definition) is 0. The van der Waals surface area contributed by atoms with Crippen molar-refractivity contribution < 1.29 is 14.3 Å². The van der Waals surface area contributed by atoms with Crippen LogP contribution < -0.4 is 9.47 Å². The van der Waals surface area contributed by atoms with Gasteiger partial charge in [-0.15, -0.1) is 0 Å². The van der Waals surface area contributed by atoms with Crippen LogP contribution in [0, 0.1) is 20.8 Å². The molecule has 0 heterocycles. The number of benzene rings is 2. The van der Waals surface area contributed by atoms with Crippen LogP contribution in [0.25, 0.3) is 11.1 Å². The van der Waals surface area contributed by atoms with Gasteiger partial charge in [0.1, 0.15) is 11.5 Å². The quantitative estimate of drug-likeness (QED) is 0.793. The van der Waals surface area contributed by atoms with Crippen molar-refractivity contribution in [3.8, 4) is 22.6 Å². The molecule has 2 aromatic carbocycles. The van der Waals surface area contributed by atoms with Crippen LogP contribution in [-0.2, 0) is 0 Å². The van der Waals surface area contributed by atoms with Crippen LogP contribution in [-0.4, -0.2) is 20.5 Å². The average molecular weight is 284 g/mol. The summed E-state index contributed by atoms with van der Waals surface area (Å²) < 4.78 is 10.8. The third kappa shape index (κ3) is 2.51. The molecule has 110 valence electrons. The third-order valence-electron chi connectivity index (χ3n) is 4.05. The lowest BCUT2D eigenvalue weighted by atomic mass is 9.91. The molecular weight excluding hydrogens is 264 g/mol. The lowest BCUT2D eigenvalue weighted by Crippen LogP contribution is -2.00. The molecule has 0 N–H and O–H groups in total. The summed E-state index contributed by atoms with van der Waals surface area (Å²) in [5, 5.41) is 0. The van der Waals surface area contributed by atoms with Crippen molar-refractivity contribution in [2.45, 2.75) is 20.8 Å². The minimum atomic E-state index is 0.517. The summed E-state index contributed by atoms with van der Waals surface area (Å²) in [5.41, 5.74) is 5.89. The molecule has 0 radical (unpaired) electrons. The number of carbonyl (C=O) groups excluding carboxylic acids is 1. The predicted molar refractivity (Wildman–Crippen MR) is 84.6 cm³/mol. The summed E-state index contributed by atoms with van der Waals surface area (Å²) in [6.45, 7) is 6.22. The van der Waals surface area contributed by atoms with Crippen molar-refractivity contribution in [2.24, 2.45) is 0 Å². The van der Waals surface area contributed by atoms with Gasteiger partial charge in [-0.3, -0.25) is 4.79 Å². The zero-order valence-corrected chi connectivity index (χ0v) is 13.1. The maximum atomic E-state index is 11.6. The smallest absolute Gasteiger partial charge is 0.154 e. The van der Waals surface area contributed by atoms with E-state index in [-0.39, 0.29) is 0 Å². The summed E-state index contributed by atoms with van der Waals surface area (Å²) >= 11 is 0. The van der Waals surface area contributed by atoms with Gasteiger partial charge >= 0.3 is 0 Å². The Labute approximate surface area is 125 Å². The van der Waals surface area contributed by atoms with Crippen LogP contribution in [0.1, 0.15) is 27.0 Å². The average Bonchev–Trinajstić information content (AvgIpc) is 2.51. The second kappa shape index (κ2) is 6.00. The molecule has 0 atom stereocenters. The van der Waals surface area contributed by atoms with E-state index >= 15 is 0 Å². The molecule has 0 fully saturated rings. The maximum absolute atomic E-state index is 11.6. The number of methoxy groups -OCH3 is 2. The molecule has 0 saturated carbocycles. The lowest BCUT2D eigenvalue weighted by molar-refractivity contribution is 0.112. The Morgan fingerprint density at radius 2 is 1.48 bits per heavy atom. The molecule has 0 unspecified atom stereocenters. The largest absolute Gasteiger partial charge is 0.496 e. The normalized spacial score (nSPS) is 10.3. The third-order valence-corrected chi connectivity index (χ3v) is 4.05. The molecule has 0 aliphatic carbocycles. The van der Waals surface area contributed by atoms with Gasteiger partial charge in [0.05, 0.1) is 19.8 Å². The van der Waals surface area contributed by atoms with Crippen molar-refractivity contribution in [1.29, 1.82) is 0 Å². The van der Waals surface area contributed by atoms with Gasteiger partial charge in [-0.2, -0.15) is 0 Å². The van der Waals surface area contributed by atoms with Crippen LogP contribution in [0.15, 0.2) is 24.3 Å². The molecule has 3 nitrogen and oxygen atoms in total. The van der Waals surface area contributed by atoms with Crippen molar-refractivity contribution in [3.05, 3.63) is 46.5 Å². The molecule has 0 aromatic heterocycles. The summed E-state index contributed by atoms with van der Waals surface area (Å²) in [6, 6.07) is 7.67. The number of ether oxygens (including phenoxy) is 2. The zero-order valence-electron chi connectivity index (χ0n) is 13.1. The summed E-state index contributed by atoms with van der Waals surface area (Å²) in [5.74, 6) is 1.22. The van der Waals surface area contributed by atoms with Gasteiger partial charge in [-0.25, -0.2) is 0 Å². The van der Waals surface area contributed by atoms with Gasteiger partial charge in [0.2, 0.25) is 0 Å². The van der Waals surface area contributed by atoms with Crippen LogP contribution in [0.4, 0.5) is 0 Å². The van der Waals surface area contributed by atoms with E-state index in [4.69, 9.17) is 9.47 Å². The Kier molecular flexibility index (Phi) is 4.32. The second-order valence-electron chi connectivity index (χ2n) is 5.06. The molecule has 0 saturated heterocycles. The van der Waals surface area contributed by atoms with Crippen LogP contribution in [0.3, 0.4) is 0 Å². The Morgan fingerprint density at radius 1 is 0.857 bits per heavy atom. The number of hydrogen-bond acceptors (Lipinski definition) is 3. The van der Waals surface area contributed by atoms with Gasteiger partial charge in [0.15, 0.2) is 6.29 Å². The molecule has 0 spiro atoms. The summed E-state index contributed by atoms with van der Waals surface area (Å²) in [4.78, 5) is 11.6. The Balaban J connectivity index is 2.84. The van der Waals surface area contributed by atoms with Crippen molar-refractivity contribution in [2.75, 3.05) is 14.2 Å². The van der Waals surface area contributed by atoms with Crippen LogP contribution in [0.5, 0.6) is 11.5 Å². The SMILES string of the molecule is COc1ccc(OC)c(-c2ccc(C)c(C)c2C)c1C=O. The first kappa shape index (κ1) is 15.1. The second-order valence-corrected chi connectivity index (χ2v) is 5.06. The predicted octanol–water partition coefficient (Wildman–Crippen LogP) is 4.11. The molecule has 0 amide bonds. The van der Waals surface area contributed by atoms with Crippen molar-refractivity contribution in [3.63, 3.8) is 0 Å². The topological polar surface area (TPSA) is 35.5 Å². The fourth-order valence-electron chi connectivity index (χ4n) is 2.55.